The summed E-state index contributed by atoms with van der Waals surface area (Å²) in [5, 5.41) is 2.88. The third kappa shape index (κ3) is 2.62. The van der Waals surface area contributed by atoms with Gasteiger partial charge in [0.25, 0.3) is 0 Å². The van der Waals surface area contributed by atoms with Crippen molar-refractivity contribution in [3.8, 4) is 0 Å². The molecule has 14 heavy (non-hydrogen) atoms. The van der Waals surface area contributed by atoms with Crippen molar-refractivity contribution in [2.24, 2.45) is 0 Å². The van der Waals surface area contributed by atoms with Crippen LogP contribution in [-0.4, -0.2) is 27.1 Å². The van der Waals surface area contributed by atoms with E-state index >= 15 is 0 Å². The van der Waals surface area contributed by atoms with Crippen LogP contribution in [0, 0.1) is 0 Å². The van der Waals surface area contributed by atoms with Gasteiger partial charge in [-0.25, -0.2) is 8.42 Å². The number of hydrogen-bond donors (Lipinski definition) is 1. The van der Waals surface area contributed by atoms with Crippen molar-refractivity contribution in [2.75, 3.05) is 24.0 Å². The van der Waals surface area contributed by atoms with Crippen LogP contribution in [0.15, 0.2) is 29.2 Å². The van der Waals surface area contributed by atoms with Gasteiger partial charge in [0.15, 0.2) is 9.84 Å². The van der Waals surface area contributed by atoms with E-state index < -0.39 is 9.84 Å². The van der Waals surface area contributed by atoms with Crippen molar-refractivity contribution < 1.29 is 8.42 Å². The van der Waals surface area contributed by atoms with Crippen molar-refractivity contribution >= 4 is 27.1 Å². The highest BCUT2D eigenvalue weighted by Gasteiger charge is 2.13. The molecule has 0 aliphatic rings. The van der Waals surface area contributed by atoms with Gasteiger partial charge in [0, 0.05) is 18.6 Å². The minimum absolute atomic E-state index is 0.0261. The molecule has 0 saturated carbocycles. The summed E-state index contributed by atoms with van der Waals surface area (Å²) in [7, 11) is -1.47. The lowest BCUT2D eigenvalue weighted by atomic mass is 10.3. The quantitative estimate of drug-likeness (QED) is 0.806. The third-order valence-corrected chi connectivity index (χ3v) is 3.95. The highest BCUT2D eigenvalue weighted by atomic mass is 35.5. The molecular weight excluding hydrogens is 222 g/mol. The summed E-state index contributed by atoms with van der Waals surface area (Å²) in [5.41, 5.74) is 0.778. The molecule has 0 radical (unpaired) electrons. The second kappa shape index (κ2) is 4.66. The van der Waals surface area contributed by atoms with Crippen LogP contribution >= 0.6 is 11.6 Å². The average Bonchev–Trinajstić information content (AvgIpc) is 2.18. The Balaban J connectivity index is 3.07. The molecule has 0 heterocycles. The second-order valence-corrected chi connectivity index (χ2v) is 5.27. The van der Waals surface area contributed by atoms with Gasteiger partial charge in [-0.3, -0.25) is 0 Å². The number of sulfone groups is 1. The zero-order valence-electron chi connectivity index (χ0n) is 7.83. The summed E-state index contributed by atoms with van der Waals surface area (Å²) < 4.78 is 23.2. The summed E-state index contributed by atoms with van der Waals surface area (Å²) in [5.74, 6) is 0.0911. The first kappa shape index (κ1) is 11.3. The van der Waals surface area contributed by atoms with E-state index in [1.165, 1.54) is 0 Å². The van der Waals surface area contributed by atoms with Gasteiger partial charge in [-0.2, -0.15) is 0 Å². The van der Waals surface area contributed by atoms with Crippen LogP contribution in [0.3, 0.4) is 0 Å². The molecule has 1 rings (SSSR count). The SMILES string of the molecule is CNc1cccc(S(=O)(=O)CCCl)c1. The maximum atomic E-state index is 11.6. The summed E-state index contributed by atoms with van der Waals surface area (Å²) in [6.07, 6.45) is 0. The molecule has 5 heteroatoms. The first-order chi connectivity index (χ1) is 6.60. The summed E-state index contributed by atoms with van der Waals surface area (Å²) in [6, 6.07) is 6.68. The molecule has 0 aliphatic carbocycles. The molecule has 0 bridgehead atoms. The fourth-order valence-electron chi connectivity index (χ4n) is 1.06. The van der Waals surface area contributed by atoms with Gasteiger partial charge >= 0.3 is 0 Å². The fourth-order valence-corrected chi connectivity index (χ4v) is 2.71. The lowest BCUT2D eigenvalue weighted by molar-refractivity contribution is 0.597. The van der Waals surface area contributed by atoms with E-state index in [0.717, 1.165) is 5.69 Å². The van der Waals surface area contributed by atoms with Gasteiger partial charge in [0.1, 0.15) is 0 Å². The number of rotatable bonds is 4. The molecule has 0 aliphatic heterocycles. The third-order valence-electron chi connectivity index (χ3n) is 1.83. The van der Waals surface area contributed by atoms with Gasteiger partial charge < -0.3 is 5.32 Å². The summed E-state index contributed by atoms with van der Waals surface area (Å²) >= 11 is 5.41. The summed E-state index contributed by atoms with van der Waals surface area (Å²) in [4.78, 5) is 0.310. The Hall–Kier alpha value is -0.740. The molecule has 0 amide bonds. The number of alkyl halides is 1. The van der Waals surface area contributed by atoms with E-state index in [2.05, 4.69) is 5.32 Å². The minimum Gasteiger partial charge on any atom is -0.388 e. The fraction of sp³-hybridized carbons (Fsp3) is 0.333. The van der Waals surface area contributed by atoms with Crippen LogP contribution < -0.4 is 5.32 Å². The standard InChI is InChI=1S/C9H12ClNO2S/c1-11-8-3-2-4-9(7-8)14(12,13)6-5-10/h2-4,7,11H,5-6H2,1H3. The second-order valence-electron chi connectivity index (χ2n) is 2.79. The average molecular weight is 234 g/mol. The maximum Gasteiger partial charge on any atom is 0.179 e. The highest BCUT2D eigenvalue weighted by molar-refractivity contribution is 7.91. The molecule has 0 unspecified atom stereocenters. The number of hydrogen-bond acceptors (Lipinski definition) is 3. The molecule has 78 valence electrons. The highest BCUT2D eigenvalue weighted by Crippen LogP contribution is 2.16. The zero-order valence-corrected chi connectivity index (χ0v) is 9.40. The van der Waals surface area contributed by atoms with Crippen LogP contribution in [0.1, 0.15) is 0 Å². The molecule has 1 aromatic carbocycles. The monoisotopic (exact) mass is 233 g/mol. The van der Waals surface area contributed by atoms with Crippen molar-refractivity contribution in [1.82, 2.24) is 0 Å². The Morgan fingerprint density at radius 1 is 1.43 bits per heavy atom. The molecule has 0 aromatic heterocycles. The Kier molecular flexibility index (Phi) is 3.77. The van der Waals surface area contributed by atoms with Crippen LogP contribution in [0.2, 0.25) is 0 Å². The largest absolute Gasteiger partial charge is 0.388 e. The molecule has 1 N–H and O–H groups in total. The Labute approximate surface area is 89.0 Å². The molecule has 0 saturated heterocycles. The van der Waals surface area contributed by atoms with Crippen LogP contribution in [0.25, 0.3) is 0 Å². The normalized spacial score (nSPS) is 11.3. The zero-order chi connectivity index (χ0) is 10.6. The number of anilines is 1. The van der Waals surface area contributed by atoms with Crippen LogP contribution in [0.4, 0.5) is 5.69 Å². The summed E-state index contributed by atoms with van der Waals surface area (Å²) in [6.45, 7) is 0. The van der Waals surface area contributed by atoms with Gasteiger partial charge in [0.2, 0.25) is 0 Å². The van der Waals surface area contributed by atoms with E-state index in [4.69, 9.17) is 11.6 Å². The van der Waals surface area contributed by atoms with E-state index in [0.29, 0.717) is 4.90 Å². The van der Waals surface area contributed by atoms with E-state index in [1.807, 2.05) is 0 Å². The smallest absolute Gasteiger partial charge is 0.179 e. The predicted octanol–water partition coefficient (Wildman–Crippen LogP) is 1.74. The van der Waals surface area contributed by atoms with Crippen molar-refractivity contribution in [3.63, 3.8) is 0 Å². The topological polar surface area (TPSA) is 46.2 Å². The van der Waals surface area contributed by atoms with Crippen LogP contribution in [0.5, 0.6) is 0 Å². The molecule has 0 fully saturated rings. The van der Waals surface area contributed by atoms with Gasteiger partial charge in [-0.15, -0.1) is 11.6 Å². The van der Waals surface area contributed by atoms with Crippen molar-refractivity contribution in [2.45, 2.75) is 4.90 Å². The molecule has 0 atom stereocenters. The van der Waals surface area contributed by atoms with Crippen LogP contribution in [-0.2, 0) is 9.84 Å². The Morgan fingerprint density at radius 3 is 2.71 bits per heavy atom. The first-order valence-electron chi connectivity index (χ1n) is 4.16. The number of benzene rings is 1. The minimum atomic E-state index is -3.21. The predicted molar refractivity (Wildman–Crippen MR) is 58.8 cm³/mol. The maximum absolute atomic E-state index is 11.6. The Bertz CT molecular complexity index is 403. The lowest BCUT2D eigenvalue weighted by Gasteiger charge is -2.04. The first-order valence-corrected chi connectivity index (χ1v) is 6.35. The van der Waals surface area contributed by atoms with Crippen molar-refractivity contribution in [1.29, 1.82) is 0 Å². The molecule has 0 spiro atoms. The van der Waals surface area contributed by atoms with Crippen molar-refractivity contribution in [3.05, 3.63) is 24.3 Å². The number of nitrogens with one attached hydrogen (secondary N) is 1. The Morgan fingerprint density at radius 2 is 2.14 bits per heavy atom. The van der Waals surface area contributed by atoms with E-state index in [1.54, 1.807) is 31.3 Å². The molecule has 3 nitrogen and oxygen atoms in total. The molecule has 1 aromatic rings. The van der Waals surface area contributed by atoms with Gasteiger partial charge in [-0.05, 0) is 18.2 Å². The van der Waals surface area contributed by atoms with Gasteiger partial charge in [0.05, 0.1) is 10.6 Å². The van der Waals surface area contributed by atoms with E-state index in [-0.39, 0.29) is 11.6 Å². The number of halogens is 1. The van der Waals surface area contributed by atoms with E-state index in [9.17, 15) is 8.42 Å². The lowest BCUT2D eigenvalue weighted by Crippen LogP contribution is -2.08. The molecular formula is C9H12ClNO2S. The van der Waals surface area contributed by atoms with Gasteiger partial charge in [-0.1, -0.05) is 6.07 Å².